The van der Waals surface area contributed by atoms with Crippen LogP contribution in [0.4, 0.5) is 13.2 Å². The summed E-state index contributed by atoms with van der Waals surface area (Å²) >= 11 is 6.04. The van der Waals surface area contributed by atoms with Gasteiger partial charge in [0.15, 0.2) is 5.52 Å². The molecular weight excluding hydrogens is 491 g/mol. The standard InChI is InChI=1S/C22H25ClF3N5O2S/c1-20(2,3)34(33)29-21(4,12-6-9-14(15(23)10-12)22(24,25)26)18-16-17(28-30(18)5)19(32)31(11-27-16)13-7-8-13/h6,9-11,13,29H,7-8H2,1-5H3. The van der Waals surface area contributed by atoms with Crippen LogP contribution in [0.5, 0.6) is 0 Å². The predicted octanol–water partition coefficient (Wildman–Crippen LogP) is 4.45. The molecule has 1 fully saturated rings. The molecule has 2 atom stereocenters. The van der Waals surface area contributed by atoms with Gasteiger partial charge >= 0.3 is 6.18 Å². The molecule has 0 aliphatic heterocycles. The molecule has 1 aliphatic rings. The van der Waals surface area contributed by atoms with E-state index >= 15 is 0 Å². The Balaban J connectivity index is 1.96. The van der Waals surface area contributed by atoms with Crippen LogP contribution >= 0.6 is 11.6 Å². The number of aromatic nitrogens is 4. The average molecular weight is 516 g/mol. The zero-order valence-corrected chi connectivity index (χ0v) is 20.9. The average Bonchev–Trinajstić information content (AvgIpc) is 3.48. The Hall–Kier alpha value is -2.24. The fourth-order valence-electron chi connectivity index (χ4n) is 3.89. The van der Waals surface area contributed by atoms with Gasteiger partial charge in [-0.05, 0) is 58.2 Å². The van der Waals surface area contributed by atoms with E-state index in [1.165, 1.54) is 23.1 Å². The first-order chi connectivity index (χ1) is 15.6. The summed E-state index contributed by atoms with van der Waals surface area (Å²) in [6.45, 7) is 6.97. The van der Waals surface area contributed by atoms with Crippen LogP contribution in [0, 0.1) is 0 Å². The highest BCUT2D eigenvalue weighted by Gasteiger charge is 2.41. The summed E-state index contributed by atoms with van der Waals surface area (Å²) in [5.41, 5.74) is -1.49. The third-order valence-electron chi connectivity index (χ3n) is 5.89. The van der Waals surface area contributed by atoms with Crippen LogP contribution in [0.15, 0.2) is 29.3 Å². The first kappa shape index (κ1) is 24.9. The number of rotatable bonds is 5. The maximum Gasteiger partial charge on any atom is 0.417 e. The lowest BCUT2D eigenvalue weighted by atomic mass is 9.88. The van der Waals surface area contributed by atoms with E-state index in [1.54, 1.807) is 39.3 Å². The highest BCUT2D eigenvalue weighted by molar-refractivity contribution is 7.84. The lowest BCUT2D eigenvalue weighted by Gasteiger charge is -2.34. The van der Waals surface area contributed by atoms with Gasteiger partial charge in [0.1, 0.15) is 5.52 Å². The maximum atomic E-state index is 13.3. The van der Waals surface area contributed by atoms with E-state index < -0.39 is 38.0 Å². The number of nitrogens with one attached hydrogen (secondary N) is 1. The number of fused-ring (bicyclic) bond motifs is 1. The molecule has 34 heavy (non-hydrogen) atoms. The molecule has 12 heteroatoms. The van der Waals surface area contributed by atoms with Gasteiger partial charge in [-0.25, -0.2) is 13.9 Å². The largest absolute Gasteiger partial charge is 0.417 e. The summed E-state index contributed by atoms with van der Waals surface area (Å²) in [5, 5.41) is 3.90. The van der Waals surface area contributed by atoms with Crippen LogP contribution in [-0.4, -0.2) is 28.3 Å². The smallest absolute Gasteiger partial charge is 0.294 e. The quantitative estimate of drug-likeness (QED) is 0.544. The number of nitrogens with zero attached hydrogens (tertiary/aromatic N) is 4. The zero-order chi connectivity index (χ0) is 25.2. The highest BCUT2D eigenvalue weighted by Crippen LogP contribution is 2.40. The number of hydrogen-bond acceptors (Lipinski definition) is 4. The van der Waals surface area contributed by atoms with E-state index in [1.807, 2.05) is 0 Å². The Morgan fingerprint density at radius 1 is 1.15 bits per heavy atom. The van der Waals surface area contributed by atoms with Crippen molar-refractivity contribution in [2.45, 2.75) is 63.0 Å². The van der Waals surface area contributed by atoms with Crippen LogP contribution < -0.4 is 10.3 Å². The number of benzene rings is 1. The van der Waals surface area contributed by atoms with Gasteiger partial charge in [0, 0.05) is 13.1 Å². The third kappa shape index (κ3) is 4.29. The van der Waals surface area contributed by atoms with E-state index in [-0.39, 0.29) is 22.6 Å². The SMILES string of the molecule is Cn1nc2c(=O)n(C3CC3)cnc2c1C(C)(NS(=O)C(C)(C)C)c1ccc(C(F)(F)F)c(Cl)c1. The maximum absolute atomic E-state index is 13.3. The van der Waals surface area contributed by atoms with Crippen LogP contribution in [0.25, 0.3) is 11.0 Å². The Morgan fingerprint density at radius 3 is 2.32 bits per heavy atom. The number of aryl methyl sites for hydroxylation is 1. The molecular formula is C22H25ClF3N5O2S. The van der Waals surface area contributed by atoms with Crippen molar-refractivity contribution in [1.82, 2.24) is 24.1 Å². The third-order valence-corrected chi connectivity index (χ3v) is 7.91. The minimum atomic E-state index is -4.62. The van der Waals surface area contributed by atoms with Crippen molar-refractivity contribution in [3.05, 3.63) is 56.7 Å². The van der Waals surface area contributed by atoms with Crippen molar-refractivity contribution in [2.24, 2.45) is 7.05 Å². The van der Waals surface area contributed by atoms with E-state index in [0.717, 1.165) is 18.9 Å². The lowest BCUT2D eigenvalue weighted by Crippen LogP contribution is -2.48. The highest BCUT2D eigenvalue weighted by atomic mass is 35.5. The summed E-state index contributed by atoms with van der Waals surface area (Å²) < 4.78 is 58.6. The molecule has 1 aliphatic carbocycles. The van der Waals surface area contributed by atoms with Crippen molar-refractivity contribution in [3.8, 4) is 0 Å². The summed E-state index contributed by atoms with van der Waals surface area (Å²) in [6, 6.07) is 3.47. The van der Waals surface area contributed by atoms with Gasteiger partial charge < -0.3 is 0 Å². The molecule has 7 nitrogen and oxygen atoms in total. The second-order valence-electron chi connectivity index (χ2n) is 9.66. The van der Waals surface area contributed by atoms with Gasteiger partial charge in [-0.15, -0.1) is 0 Å². The summed E-state index contributed by atoms with van der Waals surface area (Å²) in [4.78, 5) is 17.5. The molecule has 1 N–H and O–H groups in total. The minimum Gasteiger partial charge on any atom is -0.294 e. The molecule has 2 unspecified atom stereocenters. The Bertz CT molecular complexity index is 1360. The van der Waals surface area contributed by atoms with E-state index in [0.29, 0.717) is 11.3 Å². The van der Waals surface area contributed by atoms with Gasteiger partial charge in [-0.2, -0.15) is 18.3 Å². The lowest BCUT2D eigenvalue weighted by molar-refractivity contribution is -0.137. The van der Waals surface area contributed by atoms with E-state index in [2.05, 4.69) is 14.8 Å². The molecule has 0 bridgehead atoms. The molecule has 0 spiro atoms. The molecule has 0 amide bonds. The predicted molar refractivity (Wildman–Crippen MR) is 125 cm³/mol. The molecule has 3 aromatic rings. The fourth-order valence-corrected chi connectivity index (χ4v) is 5.06. The van der Waals surface area contributed by atoms with Crippen molar-refractivity contribution in [3.63, 3.8) is 0 Å². The molecule has 1 aromatic carbocycles. The van der Waals surface area contributed by atoms with Crippen LogP contribution in [0.2, 0.25) is 5.02 Å². The Labute approximate surface area is 201 Å². The first-order valence-corrected chi connectivity index (χ1v) is 12.2. The Morgan fingerprint density at radius 2 is 1.79 bits per heavy atom. The van der Waals surface area contributed by atoms with E-state index in [4.69, 9.17) is 11.6 Å². The molecule has 0 radical (unpaired) electrons. The molecule has 184 valence electrons. The monoisotopic (exact) mass is 515 g/mol. The number of halogens is 4. The summed E-state index contributed by atoms with van der Waals surface area (Å²) in [5.74, 6) is 0. The Kier molecular flexibility index (Phi) is 5.97. The second kappa shape index (κ2) is 8.17. The molecule has 0 saturated heterocycles. The van der Waals surface area contributed by atoms with Gasteiger partial charge in [-0.3, -0.25) is 14.0 Å². The number of alkyl halides is 3. The summed E-state index contributed by atoms with van der Waals surface area (Å²) in [6.07, 6.45) is -1.38. The van der Waals surface area contributed by atoms with Crippen molar-refractivity contribution in [1.29, 1.82) is 0 Å². The summed E-state index contributed by atoms with van der Waals surface area (Å²) in [7, 11) is -0.0321. The van der Waals surface area contributed by atoms with Crippen LogP contribution in [-0.2, 0) is 29.7 Å². The van der Waals surface area contributed by atoms with Gasteiger partial charge in [0.25, 0.3) is 5.56 Å². The normalized spacial score (nSPS) is 17.7. The molecule has 2 aromatic heterocycles. The molecule has 2 heterocycles. The molecule has 1 saturated carbocycles. The van der Waals surface area contributed by atoms with Crippen LogP contribution in [0.3, 0.4) is 0 Å². The minimum absolute atomic E-state index is 0.0986. The first-order valence-electron chi connectivity index (χ1n) is 10.7. The van der Waals surface area contributed by atoms with Crippen molar-refractivity contribution >= 4 is 33.6 Å². The van der Waals surface area contributed by atoms with Crippen LogP contribution in [0.1, 0.15) is 63.4 Å². The zero-order valence-electron chi connectivity index (χ0n) is 19.3. The fraction of sp³-hybridized carbons (Fsp3) is 0.500. The van der Waals surface area contributed by atoms with E-state index in [9.17, 15) is 22.2 Å². The second-order valence-corrected chi connectivity index (χ2v) is 12.0. The van der Waals surface area contributed by atoms with Gasteiger partial charge in [0.2, 0.25) is 0 Å². The molecule has 4 rings (SSSR count). The topological polar surface area (TPSA) is 81.8 Å². The van der Waals surface area contributed by atoms with Gasteiger partial charge in [-0.1, -0.05) is 17.7 Å². The van der Waals surface area contributed by atoms with Gasteiger partial charge in [0.05, 0.1) is 43.9 Å². The van der Waals surface area contributed by atoms with Crippen molar-refractivity contribution in [2.75, 3.05) is 0 Å². The number of hydrogen-bond donors (Lipinski definition) is 1. The van der Waals surface area contributed by atoms with Crippen molar-refractivity contribution < 1.29 is 17.4 Å².